The molecule has 2 aromatic carbocycles. The van der Waals surface area contributed by atoms with Crippen LogP contribution in [0.25, 0.3) is 10.8 Å². The van der Waals surface area contributed by atoms with E-state index in [1.54, 1.807) is 24.0 Å². The molecule has 2 amide bonds. The van der Waals surface area contributed by atoms with E-state index < -0.39 is 12.0 Å². The van der Waals surface area contributed by atoms with Crippen molar-refractivity contribution in [1.82, 2.24) is 9.78 Å². The Hall–Kier alpha value is -3.48. The van der Waals surface area contributed by atoms with Crippen LogP contribution in [0.3, 0.4) is 0 Å². The van der Waals surface area contributed by atoms with Crippen LogP contribution in [0.5, 0.6) is 0 Å². The molecule has 0 spiro atoms. The highest BCUT2D eigenvalue weighted by molar-refractivity contribution is 6.34. The van der Waals surface area contributed by atoms with Crippen LogP contribution in [0, 0.1) is 12.8 Å². The summed E-state index contributed by atoms with van der Waals surface area (Å²) in [5, 5.41) is 10.2. The molecular weight excluding hydrogens is 344 g/mol. The number of imide groups is 1. The van der Waals surface area contributed by atoms with E-state index in [4.69, 9.17) is 4.84 Å². The Labute approximate surface area is 154 Å². The number of rotatable bonds is 2. The van der Waals surface area contributed by atoms with Crippen molar-refractivity contribution >= 4 is 34.0 Å². The van der Waals surface area contributed by atoms with Gasteiger partial charge in [-0.3, -0.25) is 14.3 Å². The molecule has 27 heavy (non-hydrogen) atoms. The van der Waals surface area contributed by atoms with Gasteiger partial charge in [-0.25, -0.2) is 4.90 Å². The summed E-state index contributed by atoms with van der Waals surface area (Å²) < 4.78 is 1.66. The van der Waals surface area contributed by atoms with Crippen LogP contribution in [0.4, 0.5) is 5.69 Å². The van der Waals surface area contributed by atoms with Gasteiger partial charge >= 0.3 is 0 Å². The molecule has 0 aliphatic carbocycles. The van der Waals surface area contributed by atoms with E-state index in [0.29, 0.717) is 11.4 Å². The second kappa shape index (κ2) is 5.51. The lowest BCUT2D eigenvalue weighted by Crippen LogP contribution is -2.33. The summed E-state index contributed by atoms with van der Waals surface area (Å²) in [5.41, 5.74) is 2.50. The van der Waals surface area contributed by atoms with Crippen molar-refractivity contribution in [2.24, 2.45) is 18.1 Å². The topological polar surface area (TPSA) is 76.8 Å². The molecule has 0 N–H and O–H groups in total. The Bertz CT molecular complexity index is 1140. The van der Waals surface area contributed by atoms with Crippen LogP contribution in [-0.2, 0) is 21.5 Å². The summed E-state index contributed by atoms with van der Waals surface area (Å²) in [6, 6.07) is 13.2. The van der Waals surface area contributed by atoms with Gasteiger partial charge in [0.1, 0.15) is 11.6 Å². The number of anilines is 1. The van der Waals surface area contributed by atoms with Gasteiger partial charge in [-0.05, 0) is 18.4 Å². The van der Waals surface area contributed by atoms with Crippen LogP contribution in [0.2, 0.25) is 0 Å². The van der Waals surface area contributed by atoms with E-state index in [1.165, 1.54) is 4.90 Å². The molecule has 0 unspecified atom stereocenters. The van der Waals surface area contributed by atoms with Gasteiger partial charge in [0.15, 0.2) is 0 Å². The van der Waals surface area contributed by atoms with Crippen molar-refractivity contribution in [3.8, 4) is 0 Å². The zero-order valence-corrected chi connectivity index (χ0v) is 14.8. The fraction of sp³-hybridized carbons (Fsp3) is 0.200. The minimum atomic E-state index is -0.925. The number of carbonyl (C=O) groups excluding carboxylic acids is 2. The lowest BCUT2D eigenvalue weighted by atomic mass is 9.94. The van der Waals surface area contributed by atoms with Gasteiger partial charge in [-0.15, -0.1) is 0 Å². The first-order valence-corrected chi connectivity index (χ1v) is 8.66. The second-order valence-electron chi connectivity index (χ2n) is 6.79. The first-order chi connectivity index (χ1) is 13.1. The smallest absolute Gasteiger partial charge is 0.278 e. The normalized spacial score (nSPS) is 21.6. The number of aryl methyl sites for hydroxylation is 2. The number of carbonyl (C=O) groups is 2. The summed E-state index contributed by atoms with van der Waals surface area (Å²) in [5.74, 6) is -1.46. The van der Waals surface area contributed by atoms with Gasteiger partial charge in [0.2, 0.25) is 12.0 Å². The number of hydrogen-bond donors (Lipinski definition) is 0. The number of amides is 2. The molecule has 2 aliphatic heterocycles. The van der Waals surface area contributed by atoms with Crippen molar-refractivity contribution in [2.45, 2.75) is 13.0 Å². The predicted molar refractivity (Wildman–Crippen MR) is 99.3 cm³/mol. The van der Waals surface area contributed by atoms with Crippen LogP contribution >= 0.6 is 0 Å². The zero-order chi connectivity index (χ0) is 18.7. The van der Waals surface area contributed by atoms with Crippen LogP contribution in [0.1, 0.15) is 11.3 Å². The molecular formula is C20H16N4O3. The Kier molecular flexibility index (Phi) is 3.21. The maximum Gasteiger partial charge on any atom is 0.278 e. The number of nitrogens with zero attached hydrogens (tertiary/aromatic N) is 4. The first kappa shape index (κ1) is 15.7. The van der Waals surface area contributed by atoms with Gasteiger partial charge in [-0.1, -0.05) is 41.6 Å². The van der Waals surface area contributed by atoms with Crippen molar-refractivity contribution in [1.29, 1.82) is 0 Å². The molecule has 2 atom stereocenters. The molecule has 0 saturated carbocycles. The van der Waals surface area contributed by atoms with E-state index in [-0.39, 0.29) is 11.8 Å². The summed E-state index contributed by atoms with van der Waals surface area (Å²) in [4.78, 5) is 32.9. The standard InChI is InChI=1S/C20H16N4O3/c1-11-14(10-23(2)21-11)17-16-18(27-22-17)20(26)24(19(16)25)15-9-5-7-12-6-3-4-8-13(12)15/h3-10,16,18H,1-2H3/t16-,18-/m1/s1. The zero-order valence-electron chi connectivity index (χ0n) is 14.8. The highest BCUT2D eigenvalue weighted by Gasteiger charge is 2.56. The molecule has 7 nitrogen and oxygen atoms in total. The SMILES string of the molecule is Cc1nn(C)cc1C1=NO[C@H]2C(=O)N(c3cccc4ccccc34)C(=O)[C@H]12. The third kappa shape index (κ3) is 2.14. The molecule has 1 saturated heterocycles. The lowest BCUT2D eigenvalue weighted by molar-refractivity contribution is -0.126. The third-order valence-corrected chi connectivity index (χ3v) is 5.11. The molecule has 0 bridgehead atoms. The van der Waals surface area contributed by atoms with E-state index in [0.717, 1.165) is 22.0 Å². The molecule has 3 heterocycles. The number of aromatic nitrogens is 2. The van der Waals surface area contributed by atoms with Gasteiger partial charge in [-0.2, -0.15) is 5.10 Å². The van der Waals surface area contributed by atoms with Crippen molar-refractivity contribution in [3.63, 3.8) is 0 Å². The highest BCUT2D eigenvalue weighted by atomic mass is 16.6. The molecule has 2 aliphatic rings. The number of fused-ring (bicyclic) bond motifs is 2. The minimum absolute atomic E-state index is 0.319. The molecule has 1 aromatic heterocycles. The maximum atomic E-state index is 13.3. The molecule has 0 radical (unpaired) electrons. The first-order valence-electron chi connectivity index (χ1n) is 8.66. The van der Waals surface area contributed by atoms with Crippen LogP contribution < -0.4 is 4.90 Å². The second-order valence-corrected chi connectivity index (χ2v) is 6.79. The van der Waals surface area contributed by atoms with Gasteiger partial charge in [0.25, 0.3) is 5.91 Å². The Balaban J connectivity index is 1.60. The summed E-state index contributed by atoms with van der Waals surface area (Å²) >= 11 is 0. The van der Waals surface area contributed by atoms with Crippen LogP contribution in [-0.4, -0.2) is 33.4 Å². The van der Waals surface area contributed by atoms with E-state index in [1.807, 2.05) is 43.3 Å². The average molecular weight is 360 g/mol. The Morgan fingerprint density at radius 3 is 2.59 bits per heavy atom. The average Bonchev–Trinajstić information content (AvgIpc) is 3.30. The predicted octanol–water partition coefficient (Wildman–Crippen LogP) is 2.17. The quantitative estimate of drug-likeness (QED) is 0.657. The molecule has 134 valence electrons. The maximum absolute atomic E-state index is 13.3. The van der Waals surface area contributed by atoms with E-state index >= 15 is 0 Å². The summed E-state index contributed by atoms with van der Waals surface area (Å²) in [6.45, 7) is 1.84. The Morgan fingerprint density at radius 2 is 1.81 bits per heavy atom. The molecule has 1 fully saturated rings. The highest BCUT2D eigenvalue weighted by Crippen LogP contribution is 2.38. The van der Waals surface area contributed by atoms with Crippen molar-refractivity contribution < 1.29 is 14.4 Å². The van der Waals surface area contributed by atoms with Gasteiger partial charge in [0, 0.05) is 24.2 Å². The van der Waals surface area contributed by atoms with Gasteiger partial charge < -0.3 is 4.84 Å². The summed E-state index contributed by atoms with van der Waals surface area (Å²) in [6.07, 6.45) is 0.865. The number of benzene rings is 2. The number of oxime groups is 1. The lowest BCUT2D eigenvalue weighted by Gasteiger charge is -2.17. The summed E-state index contributed by atoms with van der Waals surface area (Å²) in [7, 11) is 1.80. The van der Waals surface area contributed by atoms with Gasteiger partial charge in [0.05, 0.1) is 11.4 Å². The molecule has 3 aromatic rings. The fourth-order valence-corrected chi connectivity index (χ4v) is 3.89. The van der Waals surface area contributed by atoms with Crippen LogP contribution in [0.15, 0.2) is 53.8 Å². The van der Waals surface area contributed by atoms with E-state index in [2.05, 4.69) is 10.3 Å². The third-order valence-electron chi connectivity index (χ3n) is 5.11. The molecule has 5 rings (SSSR count). The van der Waals surface area contributed by atoms with Crippen molar-refractivity contribution in [3.05, 3.63) is 59.9 Å². The minimum Gasteiger partial charge on any atom is -0.381 e. The Morgan fingerprint density at radius 1 is 1.04 bits per heavy atom. The van der Waals surface area contributed by atoms with Crippen molar-refractivity contribution in [2.75, 3.05) is 4.90 Å². The van der Waals surface area contributed by atoms with E-state index in [9.17, 15) is 9.59 Å². The number of hydrogen-bond acceptors (Lipinski definition) is 5. The monoisotopic (exact) mass is 360 g/mol. The fourth-order valence-electron chi connectivity index (χ4n) is 3.89. The molecule has 7 heteroatoms. The largest absolute Gasteiger partial charge is 0.381 e.